The van der Waals surface area contributed by atoms with E-state index in [1.165, 1.54) is 32.1 Å². The predicted octanol–water partition coefficient (Wildman–Crippen LogP) is 0.632. The highest BCUT2D eigenvalue weighted by molar-refractivity contribution is 6.05. The monoisotopic (exact) mass is 320 g/mol. The highest BCUT2D eigenvalue weighted by atomic mass is 16.5. The van der Waals surface area contributed by atoms with Gasteiger partial charge in [-0.15, -0.1) is 0 Å². The van der Waals surface area contributed by atoms with E-state index in [2.05, 4.69) is 6.58 Å². The standard InChI is InChI=1S/C17H20O6/c1-10(8-23-11(2)18)17(22)9-15(3)12(7-14(17)20)5-6-13(19)16(15,4)21/h5-7,21-22H,1,8-9H2,2-4H3/t15-,16+,17+/m1/s1. The third-order valence-electron chi connectivity index (χ3n) is 4.94. The molecule has 23 heavy (non-hydrogen) atoms. The summed E-state index contributed by atoms with van der Waals surface area (Å²) in [6.07, 6.45) is 3.68. The van der Waals surface area contributed by atoms with Gasteiger partial charge in [0, 0.05) is 18.8 Å². The van der Waals surface area contributed by atoms with Crippen molar-refractivity contribution in [2.45, 2.75) is 38.4 Å². The van der Waals surface area contributed by atoms with Crippen LogP contribution in [0.1, 0.15) is 27.2 Å². The largest absolute Gasteiger partial charge is 0.461 e. The van der Waals surface area contributed by atoms with Gasteiger partial charge in [-0.1, -0.05) is 19.6 Å². The first kappa shape index (κ1) is 17.3. The zero-order valence-electron chi connectivity index (χ0n) is 13.4. The van der Waals surface area contributed by atoms with Gasteiger partial charge in [0.05, 0.1) is 0 Å². The van der Waals surface area contributed by atoms with Gasteiger partial charge < -0.3 is 14.9 Å². The number of ether oxygens (including phenoxy) is 1. The van der Waals surface area contributed by atoms with Crippen LogP contribution in [0.5, 0.6) is 0 Å². The summed E-state index contributed by atoms with van der Waals surface area (Å²) in [7, 11) is 0. The molecule has 3 atom stereocenters. The Bertz CT molecular complexity index is 669. The van der Waals surface area contributed by atoms with Gasteiger partial charge in [0.15, 0.2) is 17.2 Å². The molecule has 0 fully saturated rings. The molecule has 0 saturated heterocycles. The molecule has 0 amide bonds. The molecule has 0 aliphatic heterocycles. The van der Waals surface area contributed by atoms with E-state index in [1.807, 2.05) is 0 Å². The van der Waals surface area contributed by atoms with Crippen molar-refractivity contribution in [3.63, 3.8) is 0 Å². The zero-order valence-corrected chi connectivity index (χ0v) is 13.4. The van der Waals surface area contributed by atoms with Gasteiger partial charge >= 0.3 is 5.97 Å². The summed E-state index contributed by atoms with van der Waals surface area (Å²) in [6.45, 7) is 7.50. The van der Waals surface area contributed by atoms with Gasteiger partial charge in [-0.05, 0) is 30.2 Å². The third kappa shape index (κ3) is 2.48. The van der Waals surface area contributed by atoms with E-state index in [9.17, 15) is 24.6 Å². The summed E-state index contributed by atoms with van der Waals surface area (Å²) in [5.74, 6) is -1.68. The molecule has 2 aliphatic carbocycles. The number of esters is 1. The number of allylic oxidation sites excluding steroid dienone is 1. The van der Waals surface area contributed by atoms with Crippen LogP contribution in [0.3, 0.4) is 0 Å². The van der Waals surface area contributed by atoms with Crippen LogP contribution in [0.2, 0.25) is 0 Å². The molecule has 0 spiro atoms. The van der Waals surface area contributed by atoms with E-state index < -0.39 is 34.2 Å². The topological polar surface area (TPSA) is 101 Å². The van der Waals surface area contributed by atoms with Gasteiger partial charge in [0.25, 0.3) is 0 Å². The van der Waals surface area contributed by atoms with Crippen LogP contribution >= 0.6 is 0 Å². The maximum absolute atomic E-state index is 12.4. The Balaban J connectivity index is 2.45. The van der Waals surface area contributed by atoms with E-state index in [-0.39, 0.29) is 18.6 Å². The Hall–Kier alpha value is -2.05. The maximum Gasteiger partial charge on any atom is 0.302 e. The fourth-order valence-corrected chi connectivity index (χ4v) is 3.01. The second kappa shape index (κ2) is 5.25. The first-order valence-corrected chi connectivity index (χ1v) is 7.20. The number of fused-ring (bicyclic) bond motifs is 1. The van der Waals surface area contributed by atoms with Gasteiger partial charge in [0.2, 0.25) is 0 Å². The number of aliphatic hydroxyl groups is 2. The molecule has 0 saturated carbocycles. The third-order valence-corrected chi connectivity index (χ3v) is 4.94. The lowest BCUT2D eigenvalue weighted by molar-refractivity contribution is -0.153. The molecular weight excluding hydrogens is 300 g/mol. The maximum atomic E-state index is 12.4. The number of hydrogen-bond acceptors (Lipinski definition) is 6. The molecular formula is C17H20O6. The SMILES string of the molecule is C=C(COC(C)=O)[C@@]1(O)C[C@]2(C)C(=CC1=O)C=CC(=O)[C@]2(C)O. The van der Waals surface area contributed by atoms with Crippen molar-refractivity contribution in [2.24, 2.45) is 5.41 Å². The van der Waals surface area contributed by atoms with Crippen molar-refractivity contribution in [2.75, 3.05) is 6.61 Å². The van der Waals surface area contributed by atoms with Gasteiger partial charge in [-0.25, -0.2) is 0 Å². The van der Waals surface area contributed by atoms with E-state index in [1.54, 1.807) is 6.92 Å². The molecule has 6 heteroatoms. The number of hydrogen-bond donors (Lipinski definition) is 2. The molecule has 0 aromatic carbocycles. The Morgan fingerprint density at radius 1 is 1.26 bits per heavy atom. The molecule has 0 radical (unpaired) electrons. The Morgan fingerprint density at radius 3 is 2.43 bits per heavy atom. The number of rotatable bonds is 3. The smallest absolute Gasteiger partial charge is 0.302 e. The molecule has 0 bridgehead atoms. The molecule has 2 rings (SSSR count). The summed E-state index contributed by atoms with van der Waals surface area (Å²) in [5.41, 5.74) is -4.47. The average molecular weight is 320 g/mol. The average Bonchev–Trinajstić information content (AvgIpc) is 2.45. The summed E-state index contributed by atoms with van der Waals surface area (Å²) < 4.78 is 4.80. The lowest BCUT2D eigenvalue weighted by atomic mass is 9.55. The summed E-state index contributed by atoms with van der Waals surface area (Å²) >= 11 is 0. The predicted molar refractivity (Wildman–Crippen MR) is 81.3 cm³/mol. The van der Waals surface area contributed by atoms with E-state index in [4.69, 9.17) is 4.74 Å². The van der Waals surface area contributed by atoms with Crippen molar-refractivity contribution in [1.82, 2.24) is 0 Å². The minimum atomic E-state index is -2.01. The normalized spacial score (nSPS) is 36.3. The van der Waals surface area contributed by atoms with Crippen LogP contribution in [0.25, 0.3) is 0 Å². The molecule has 2 aliphatic rings. The van der Waals surface area contributed by atoms with Crippen LogP contribution in [-0.4, -0.2) is 45.6 Å². The molecule has 0 unspecified atom stereocenters. The number of ketones is 2. The lowest BCUT2D eigenvalue weighted by Crippen LogP contribution is -2.60. The van der Waals surface area contributed by atoms with E-state index in [0.717, 1.165) is 0 Å². The molecule has 0 heterocycles. The molecule has 0 aromatic rings. The first-order chi connectivity index (χ1) is 10.4. The minimum absolute atomic E-state index is 0.00651. The Morgan fingerprint density at radius 2 is 1.87 bits per heavy atom. The Kier molecular flexibility index (Phi) is 3.95. The minimum Gasteiger partial charge on any atom is -0.461 e. The fourth-order valence-electron chi connectivity index (χ4n) is 3.01. The molecule has 0 aromatic heterocycles. The lowest BCUT2D eigenvalue weighted by Gasteiger charge is -2.50. The van der Waals surface area contributed by atoms with Gasteiger partial charge in [0.1, 0.15) is 12.2 Å². The van der Waals surface area contributed by atoms with Crippen LogP contribution in [0.4, 0.5) is 0 Å². The van der Waals surface area contributed by atoms with Crippen LogP contribution < -0.4 is 0 Å². The van der Waals surface area contributed by atoms with Crippen molar-refractivity contribution < 1.29 is 29.3 Å². The fraction of sp³-hybridized carbons (Fsp3) is 0.471. The molecule has 2 N–H and O–H groups in total. The summed E-state index contributed by atoms with van der Waals surface area (Å²) in [6, 6.07) is 0. The van der Waals surface area contributed by atoms with Crippen LogP contribution in [0.15, 0.2) is 36.0 Å². The quantitative estimate of drug-likeness (QED) is 0.584. The van der Waals surface area contributed by atoms with Crippen molar-refractivity contribution in [1.29, 1.82) is 0 Å². The van der Waals surface area contributed by atoms with Crippen molar-refractivity contribution >= 4 is 17.5 Å². The van der Waals surface area contributed by atoms with Gasteiger partial charge in [-0.3, -0.25) is 14.4 Å². The number of carbonyl (C=O) groups excluding carboxylic acids is 3. The number of carbonyl (C=O) groups is 3. The van der Waals surface area contributed by atoms with Crippen LogP contribution in [0, 0.1) is 5.41 Å². The van der Waals surface area contributed by atoms with Crippen LogP contribution in [-0.2, 0) is 19.1 Å². The van der Waals surface area contributed by atoms with Crippen molar-refractivity contribution in [3.05, 3.63) is 36.0 Å². The summed E-state index contributed by atoms with van der Waals surface area (Å²) in [4.78, 5) is 35.3. The van der Waals surface area contributed by atoms with Gasteiger partial charge in [-0.2, -0.15) is 0 Å². The molecule has 6 nitrogen and oxygen atoms in total. The second-order valence-electron chi connectivity index (χ2n) is 6.49. The Labute approximate surface area is 134 Å². The van der Waals surface area contributed by atoms with E-state index >= 15 is 0 Å². The van der Waals surface area contributed by atoms with Crippen molar-refractivity contribution in [3.8, 4) is 0 Å². The summed E-state index contributed by atoms with van der Waals surface area (Å²) in [5, 5.41) is 21.4. The first-order valence-electron chi connectivity index (χ1n) is 7.20. The highest BCUT2D eigenvalue weighted by Crippen LogP contribution is 2.52. The van der Waals surface area contributed by atoms with E-state index in [0.29, 0.717) is 5.57 Å². The second-order valence-corrected chi connectivity index (χ2v) is 6.49. The highest BCUT2D eigenvalue weighted by Gasteiger charge is 2.59. The molecule has 124 valence electrons. The zero-order chi connectivity index (χ0) is 17.6.